The van der Waals surface area contributed by atoms with E-state index in [9.17, 15) is 0 Å². The van der Waals surface area contributed by atoms with Crippen LogP contribution in [0.5, 0.6) is 0 Å². The summed E-state index contributed by atoms with van der Waals surface area (Å²) in [7, 11) is 0. The fourth-order valence-electron chi connectivity index (χ4n) is 2.82. The van der Waals surface area contributed by atoms with Crippen LogP contribution in [-0.2, 0) is 6.15 Å². The second kappa shape index (κ2) is 8.68. The summed E-state index contributed by atoms with van der Waals surface area (Å²) in [5.74, 6) is 0.944. The van der Waals surface area contributed by atoms with Crippen LogP contribution < -0.4 is 0 Å². The van der Waals surface area contributed by atoms with Crippen LogP contribution in [0.4, 0.5) is 0 Å². The molecule has 0 aromatic rings. The van der Waals surface area contributed by atoms with Crippen LogP contribution in [0.2, 0.25) is 8.87 Å². The van der Waals surface area contributed by atoms with E-state index in [1.165, 1.54) is 34.6 Å². The van der Waals surface area contributed by atoms with Crippen molar-refractivity contribution in [2.45, 2.75) is 68.4 Å². The number of unbranched alkanes of at least 4 members (excludes halogenated alkanes) is 2. The summed E-state index contributed by atoms with van der Waals surface area (Å²) in [5, 5.41) is 0. The van der Waals surface area contributed by atoms with Gasteiger partial charge in [0.05, 0.1) is 0 Å². The Bertz CT molecular complexity index is 254. The van der Waals surface area contributed by atoms with E-state index < -0.39 is 19.2 Å². The van der Waals surface area contributed by atoms with Crippen molar-refractivity contribution in [1.29, 1.82) is 0 Å². The Balaban J connectivity index is 2.75. The molecule has 112 valence electrons. The Morgan fingerprint density at radius 3 is 2.32 bits per heavy atom. The monoisotopic (exact) mass is 376 g/mol. The summed E-state index contributed by atoms with van der Waals surface area (Å²) in [6.45, 7) is 13.9. The summed E-state index contributed by atoms with van der Waals surface area (Å²) < 4.78 is 15.5. The van der Waals surface area contributed by atoms with Gasteiger partial charge < -0.3 is 0 Å². The summed E-state index contributed by atoms with van der Waals surface area (Å²) >= 11 is -2.79. The Kier molecular flexibility index (Phi) is 8.00. The van der Waals surface area contributed by atoms with Crippen LogP contribution in [0.3, 0.4) is 0 Å². The number of hydrogen-bond acceptors (Lipinski definition) is 2. The molecule has 1 aliphatic heterocycles. The molecule has 0 amide bonds. The van der Waals surface area contributed by atoms with Gasteiger partial charge in [-0.15, -0.1) is 0 Å². The van der Waals surface area contributed by atoms with Crippen molar-refractivity contribution in [2.24, 2.45) is 11.8 Å². The Morgan fingerprint density at radius 1 is 1.26 bits per heavy atom. The molecule has 3 heteroatoms. The zero-order chi connectivity index (χ0) is 14.3. The predicted octanol–water partition coefficient (Wildman–Crippen LogP) is 4.90. The molecule has 0 saturated carbocycles. The molecule has 2 nitrogen and oxygen atoms in total. The van der Waals surface area contributed by atoms with E-state index in [-0.39, 0.29) is 0 Å². The second-order valence-electron chi connectivity index (χ2n) is 6.08. The molecule has 1 heterocycles. The molecule has 1 fully saturated rings. The van der Waals surface area contributed by atoms with Gasteiger partial charge in [0.15, 0.2) is 0 Å². The predicted molar refractivity (Wildman–Crippen MR) is 84.5 cm³/mol. The van der Waals surface area contributed by atoms with E-state index in [1.54, 1.807) is 0 Å². The van der Waals surface area contributed by atoms with Gasteiger partial charge in [-0.25, -0.2) is 0 Å². The van der Waals surface area contributed by atoms with Crippen LogP contribution in [0.25, 0.3) is 0 Å². The van der Waals surface area contributed by atoms with Gasteiger partial charge in [-0.2, -0.15) is 0 Å². The molecule has 19 heavy (non-hydrogen) atoms. The minimum atomic E-state index is -2.79. The third kappa shape index (κ3) is 5.05. The molecule has 0 aromatic heterocycles. The zero-order valence-corrected chi connectivity index (χ0v) is 16.1. The van der Waals surface area contributed by atoms with Gasteiger partial charge >= 0.3 is 125 Å². The van der Waals surface area contributed by atoms with Crippen LogP contribution in [0.1, 0.15) is 53.4 Å². The van der Waals surface area contributed by atoms with Crippen LogP contribution in [-0.4, -0.2) is 31.9 Å². The molecular weight excluding hydrogens is 343 g/mol. The van der Waals surface area contributed by atoms with Gasteiger partial charge in [-0.3, -0.25) is 0 Å². The van der Waals surface area contributed by atoms with Gasteiger partial charge in [0.2, 0.25) is 0 Å². The first-order valence-corrected chi connectivity index (χ1v) is 14.4. The first kappa shape index (κ1) is 17.5. The number of rotatable bonds is 8. The van der Waals surface area contributed by atoms with E-state index in [1.807, 2.05) is 6.08 Å². The third-order valence-electron chi connectivity index (χ3n) is 4.23. The molecular formula is C16H32O2Sn. The van der Waals surface area contributed by atoms with Crippen molar-refractivity contribution < 1.29 is 6.15 Å². The fraction of sp³-hybridized carbons (Fsp3) is 0.875. The van der Waals surface area contributed by atoms with Crippen molar-refractivity contribution in [3.8, 4) is 0 Å². The molecule has 0 bridgehead atoms. The average molecular weight is 375 g/mol. The van der Waals surface area contributed by atoms with Gasteiger partial charge in [0.25, 0.3) is 0 Å². The van der Waals surface area contributed by atoms with Crippen molar-refractivity contribution in [2.75, 3.05) is 6.61 Å². The third-order valence-corrected chi connectivity index (χ3v) is 14.6. The summed E-state index contributed by atoms with van der Waals surface area (Å²) in [4.78, 5) is 0. The summed E-state index contributed by atoms with van der Waals surface area (Å²) in [5.41, 5.74) is 0. The van der Waals surface area contributed by atoms with Crippen LogP contribution >= 0.6 is 0 Å². The molecule has 0 aliphatic carbocycles. The normalized spacial score (nSPS) is 28.0. The molecule has 0 spiro atoms. The van der Waals surface area contributed by atoms with Crippen molar-refractivity contribution in [3.63, 3.8) is 0 Å². The van der Waals surface area contributed by atoms with Crippen molar-refractivity contribution in [3.05, 3.63) is 12.7 Å². The molecule has 1 saturated heterocycles. The molecule has 0 N–H and O–H groups in total. The van der Waals surface area contributed by atoms with Gasteiger partial charge in [0, 0.05) is 0 Å². The Hall–Kier alpha value is 0.459. The fourth-order valence-corrected chi connectivity index (χ4v) is 14.6. The van der Waals surface area contributed by atoms with Gasteiger partial charge in [-0.05, 0) is 0 Å². The van der Waals surface area contributed by atoms with Crippen LogP contribution in [0, 0.1) is 11.8 Å². The molecule has 0 radical (unpaired) electrons. The number of hydrogen-bond donors (Lipinski definition) is 0. The topological polar surface area (TPSA) is 18.5 Å². The maximum absolute atomic E-state index is 6.66. The maximum atomic E-state index is 6.66. The first-order valence-electron chi connectivity index (χ1n) is 8.03. The van der Waals surface area contributed by atoms with Crippen LogP contribution in [0.15, 0.2) is 12.7 Å². The van der Waals surface area contributed by atoms with E-state index >= 15 is 0 Å². The molecule has 0 aromatic carbocycles. The van der Waals surface area contributed by atoms with Crippen molar-refractivity contribution in [1.82, 2.24) is 0 Å². The minimum absolute atomic E-state index is 0.343. The second-order valence-corrected chi connectivity index (χ2v) is 15.6. The van der Waals surface area contributed by atoms with E-state index in [4.69, 9.17) is 6.15 Å². The standard InChI is InChI=1S/C8H14O2.2C4H9.Sn/c1-4-6(2)8(10)7(3)5-9;2*1-3-4-2;/h4,6-8H,1,5H2,2-3H3;2*1,3-4H2,2H3;/q-2;;;+2/t6-,7-,8-;;;/m0.../s1. The Labute approximate surface area is 124 Å². The summed E-state index contributed by atoms with van der Waals surface area (Å²) in [6.07, 6.45) is 7.41. The Morgan fingerprint density at radius 2 is 1.84 bits per heavy atom. The average Bonchev–Trinajstić information content (AvgIpc) is 2.44. The summed E-state index contributed by atoms with van der Waals surface area (Å²) in [6, 6.07) is 0. The molecule has 3 atom stereocenters. The zero-order valence-electron chi connectivity index (χ0n) is 13.3. The quantitative estimate of drug-likeness (QED) is 0.444. The van der Waals surface area contributed by atoms with E-state index in [0.717, 1.165) is 6.61 Å². The first-order chi connectivity index (χ1) is 9.08. The van der Waals surface area contributed by atoms with E-state index in [0.29, 0.717) is 17.9 Å². The van der Waals surface area contributed by atoms with Gasteiger partial charge in [-0.1, -0.05) is 0 Å². The van der Waals surface area contributed by atoms with E-state index in [2.05, 4.69) is 34.3 Å². The SMILES string of the molecule is C=C[C@H](C)[C@@H]1[O][Sn]([CH2]CCC)([CH2]CCC)[O]C[C@@H]1C. The molecule has 1 aliphatic rings. The van der Waals surface area contributed by atoms with Crippen molar-refractivity contribution >= 4 is 19.2 Å². The van der Waals surface area contributed by atoms with Gasteiger partial charge in [0.1, 0.15) is 0 Å². The molecule has 0 unspecified atom stereocenters. The molecule has 1 rings (SSSR count).